The van der Waals surface area contributed by atoms with Gasteiger partial charge in [-0.1, -0.05) is 0 Å². The first-order valence-corrected chi connectivity index (χ1v) is 1.02. The molecule has 3 heteroatoms. The summed E-state index contributed by atoms with van der Waals surface area (Å²) in [6.07, 6.45) is 0. The van der Waals surface area contributed by atoms with E-state index in [4.69, 9.17) is 5.11 Å². The standard InChI is InChI=1S/C2H6O.H3N.H2S/c1-2-3;;/h3H,2H2,1H3;1H3;1H2. The fourth-order valence-electron chi connectivity index (χ4n) is 0. The largest absolute Gasteiger partial charge is 0.397 e. The van der Waals surface area contributed by atoms with Crippen LogP contribution in [-0.2, 0) is 0 Å². The molecular formula is C2H11NOS. The van der Waals surface area contributed by atoms with Crippen molar-refractivity contribution in [3.63, 3.8) is 0 Å². The molecule has 4 N–H and O–H groups in total. The molecule has 0 aromatic rings. The lowest BCUT2D eigenvalue weighted by Gasteiger charge is -1.52. The maximum atomic E-state index is 7.57. The molecule has 0 heterocycles. The number of aliphatic hydroxyl groups is 1. The van der Waals surface area contributed by atoms with E-state index in [9.17, 15) is 0 Å². The third-order valence-electron chi connectivity index (χ3n) is 0. The highest BCUT2D eigenvalue weighted by Crippen LogP contribution is 1.30. The Kier molecular flexibility index (Phi) is 106. The van der Waals surface area contributed by atoms with Gasteiger partial charge in [0.1, 0.15) is 0 Å². The first-order chi connectivity index (χ1) is 1.41. The normalized spacial score (nSPS) is 3.60. The number of aliphatic hydroxyl groups excluding tert-OH is 1. The van der Waals surface area contributed by atoms with Crippen LogP contribution in [0.4, 0.5) is 0 Å². The fourth-order valence-corrected chi connectivity index (χ4v) is 0. The third-order valence-corrected chi connectivity index (χ3v) is 0. The fraction of sp³-hybridized carbons (Fsp3) is 1.00. The van der Waals surface area contributed by atoms with Gasteiger partial charge in [-0.05, 0) is 6.92 Å². The molecule has 0 saturated carbocycles. The van der Waals surface area contributed by atoms with Crippen LogP contribution in [0.1, 0.15) is 6.92 Å². The summed E-state index contributed by atoms with van der Waals surface area (Å²) in [5, 5.41) is 7.57. The Morgan fingerprint density at radius 3 is 1.60 bits per heavy atom. The molecule has 0 bridgehead atoms. The van der Waals surface area contributed by atoms with Gasteiger partial charge in [0.05, 0.1) is 0 Å². The maximum absolute atomic E-state index is 7.57. The second kappa shape index (κ2) is 28.3. The molecule has 0 atom stereocenters. The number of hydrogen-bond donors (Lipinski definition) is 2. The van der Waals surface area contributed by atoms with Gasteiger partial charge in [-0.15, -0.1) is 0 Å². The first-order valence-electron chi connectivity index (χ1n) is 1.02. The van der Waals surface area contributed by atoms with Crippen molar-refractivity contribution in [1.29, 1.82) is 0 Å². The molecule has 36 valence electrons. The second-order valence-corrected chi connectivity index (χ2v) is 0.316. The molecule has 0 unspecified atom stereocenters. The van der Waals surface area contributed by atoms with Crippen molar-refractivity contribution in [3.05, 3.63) is 0 Å². The zero-order valence-electron chi connectivity index (χ0n) is 3.36. The van der Waals surface area contributed by atoms with Crippen LogP contribution in [0.5, 0.6) is 0 Å². The zero-order chi connectivity index (χ0) is 2.71. The summed E-state index contributed by atoms with van der Waals surface area (Å²) in [5.74, 6) is 0. The van der Waals surface area contributed by atoms with Crippen LogP contribution in [0, 0.1) is 0 Å². The van der Waals surface area contributed by atoms with E-state index in [0.717, 1.165) is 0 Å². The Bertz CT molecular complexity index is 9.61. The summed E-state index contributed by atoms with van der Waals surface area (Å²) in [7, 11) is 0. The molecule has 5 heavy (non-hydrogen) atoms. The predicted molar refractivity (Wildman–Crippen MR) is 28.2 cm³/mol. The van der Waals surface area contributed by atoms with E-state index in [1.807, 2.05) is 0 Å². The molecule has 0 aromatic carbocycles. The molecule has 0 fully saturated rings. The maximum Gasteiger partial charge on any atom is 0.0402 e. The smallest absolute Gasteiger partial charge is 0.0402 e. The molecule has 0 aliphatic heterocycles. The quantitative estimate of drug-likeness (QED) is 0.456. The number of hydrogen-bond acceptors (Lipinski definition) is 2. The average molecular weight is 97.2 g/mol. The highest BCUT2D eigenvalue weighted by Gasteiger charge is 1.34. The number of rotatable bonds is 0. The third kappa shape index (κ3) is 302. The Hall–Kier alpha value is 0.270. The van der Waals surface area contributed by atoms with Crippen LogP contribution >= 0.6 is 13.5 Å². The highest BCUT2D eigenvalue weighted by atomic mass is 32.1. The monoisotopic (exact) mass is 97.1 g/mol. The lowest BCUT2D eigenvalue weighted by Crippen LogP contribution is -1.57. The van der Waals surface area contributed by atoms with E-state index in [0.29, 0.717) is 0 Å². The minimum absolute atomic E-state index is 0. The van der Waals surface area contributed by atoms with Gasteiger partial charge >= 0.3 is 0 Å². The molecule has 0 spiro atoms. The Morgan fingerprint density at radius 2 is 1.60 bits per heavy atom. The van der Waals surface area contributed by atoms with Gasteiger partial charge in [-0.2, -0.15) is 13.5 Å². The van der Waals surface area contributed by atoms with Crippen molar-refractivity contribution in [2.75, 3.05) is 6.61 Å². The van der Waals surface area contributed by atoms with Crippen molar-refractivity contribution in [2.45, 2.75) is 6.92 Å². The summed E-state index contributed by atoms with van der Waals surface area (Å²) in [6.45, 7) is 1.93. The van der Waals surface area contributed by atoms with Gasteiger partial charge < -0.3 is 11.3 Å². The minimum atomic E-state index is 0. The SMILES string of the molecule is CCO.N.S. The molecule has 2 nitrogen and oxygen atoms in total. The average Bonchev–Trinajstić information content (AvgIpc) is 0.918. The summed E-state index contributed by atoms with van der Waals surface area (Å²) in [4.78, 5) is 0. The van der Waals surface area contributed by atoms with Crippen molar-refractivity contribution < 1.29 is 5.11 Å². The zero-order valence-corrected chi connectivity index (χ0v) is 4.36. The van der Waals surface area contributed by atoms with Crippen molar-refractivity contribution in [1.82, 2.24) is 6.15 Å². The summed E-state index contributed by atoms with van der Waals surface area (Å²) >= 11 is 0. The minimum Gasteiger partial charge on any atom is -0.397 e. The first kappa shape index (κ1) is 18.6. The molecule has 0 radical (unpaired) electrons. The van der Waals surface area contributed by atoms with Crippen molar-refractivity contribution >= 4 is 13.5 Å². The van der Waals surface area contributed by atoms with Crippen LogP contribution < -0.4 is 6.15 Å². The highest BCUT2D eigenvalue weighted by molar-refractivity contribution is 7.59. The lowest BCUT2D eigenvalue weighted by molar-refractivity contribution is 0.318. The van der Waals surface area contributed by atoms with Crippen LogP contribution in [-0.4, -0.2) is 11.7 Å². The molecule has 0 rings (SSSR count). The van der Waals surface area contributed by atoms with Gasteiger partial charge in [0.25, 0.3) is 0 Å². The molecule has 0 aromatic heterocycles. The van der Waals surface area contributed by atoms with Gasteiger partial charge in [-0.25, -0.2) is 0 Å². The Morgan fingerprint density at radius 1 is 1.60 bits per heavy atom. The Balaban J connectivity index is -0.0000000200. The van der Waals surface area contributed by atoms with E-state index in [1.54, 1.807) is 6.92 Å². The molecule has 0 aliphatic rings. The second-order valence-electron chi connectivity index (χ2n) is 0.316. The van der Waals surface area contributed by atoms with Crippen LogP contribution in [0.2, 0.25) is 0 Å². The lowest BCUT2D eigenvalue weighted by atomic mass is 10.9. The van der Waals surface area contributed by atoms with Gasteiger partial charge in [0.15, 0.2) is 0 Å². The van der Waals surface area contributed by atoms with Crippen LogP contribution in [0.25, 0.3) is 0 Å². The molecule has 0 amide bonds. The summed E-state index contributed by atoms with van der Waals surface area (Å²) in [6, 6.07) is 0. The van der Waals surface area contributed by atoms with Crippen LogP contribution in [0.3, 0.4) is 0 Å². The molecular weight excluding hydrogens is 86.1 g/mol. The summed E-state index contributed by atoms with van der Waals surface area (Å²) < 4.78 is 0. The van der Waals surface area contributed by atoms with E-state index in [1.165, 1.54) is 0 Å². The topological polar surface area (TPSA) is 55.2 Å². The summed E-state index contributed by atoms with van der Waals surface area (Å²) in [5.41, 5.74) is 0. The van der Waals surface area contributed by atoms with Gasteiger partial charge in [-0.3, -0.25) is 0 Å². The van der Waals surface area contributed by atoms with E-state index < -0.39 is 0 Å². The van der Waals surface area contributed by atoms with Gasteiger partial charge in [0, 0.05) is 6.61 Å². The van der Waals surface area contributed by atoms with E-state index >= 15 is 0 Å². The van der Waals surface area contributed by atoms with Crippen molar-refractivity contribution in [2.24, 2.45) is 0 Å². The molecule has 0 aliphatic carbocycles. The van der Waals surface area contributed by atoms with E-state index in [-0.39, 0.29) is 26.3 Å². The predicted octanol–water partition coefficient (Wildman–Crippen LogP) is 0.273. The van der Waals surface area contributed by atoms with Crippen molar-refractivity contribution in [3.8, 4) is 0 Å². The van der Waals surface area contributed by atoms with E-state index in [2.05, 4.69) is 0 Å². The Labute approximate surface area is 39.2 Å². The molecule has 0 saturated heterocycles. The van der Waals surface area contributed by atoms with Crippen LogP contribution in [0.15, 0.2) is 0 Å². The van der Waals surface area contributed by atoms with Gasteiger partial charge in [0.2, 0.25) is 0 Å².